The van der Waals surface area contributed by atoms with Crippen LogP contribution in [0.4, 0.5) is 25.8 Å². The van der Waals surface area contributed by atoms with Gasteiger partial charge in [0.2, 0.25) is 20.0 Å². The van der Waals surface area contributed by atoms with Crippen molar-refractivity contribution >= 4 is 67.2 Å². The normalized spacial score (nSPS) is 14.7. The van der Waals surface area contributed by atoms with Gasteiger partial charge in [-0.25, -0.2) is 36.0 Å². The van der Waals surface area contributed by atoms with Crippen LogP contribution in [0, 0.1) is 25.6 Å². The first-order valence-corrected chi connectivity index (χ1v) is 30.8. The van der Waals surface area contributed by atoms with Crippen LogP contribution in [0.25, 0.3) is 0 Å². The van der Waals surface area contributed by atoms with Crippen LogP contribution >= 0.6 is 0 Å². The number of carboxylic acids is 1. The highest BCUT2D eigenvalue weighted by Crippen LogP contribution is 2.36. The lowest BCUT2D eigenvalue weighted by atomic mass is 9.75. The zero-order chi connectivity index (χ0) is 63.6. The molecule has 84 heavy (non-hydrogen) atoms. The summed E-state index contributed by atoms with van der Waals surface area (Å²) >= 11 is 0. The number of ketones is 1. The van der Waals surface area contributed by atoms with Gasteiger partial charge >= 0.3 is 24.2 Å². The number of nitrogens with zero attached hydrogens (tertiary/aromatic N) is 7. The van der Waals surface area contributed by atoms with Crippen LogP contribution in [0.3, 0.4) is 0 Å². The van der Waals surface area contributed by atoms with Crippen molar-refractivity contribution in [2.75, 3.05) is 58.9 Å². The van der Waals surface area contributed by atoms with Crippen molar-refractivity contribution < 1.29 is 75.1 Å². The lowest BCUT2D eigenvalue weighted by molar-refractivity contribution is -0.388. The number of carbonyl (C=O) groups excluding carboxylic acids is 4. The van der Waals surface area contributed by atoms with E-state index >= 15 is 0 Å². The van der Waals surface area contributed by atoms with E-state index in [9.17, 15) is 71.2 Å². The number of carbonyl (C=O) groups is 5. The molecule has 0 saturated heterocycles. The van der Waals surface area contributed by atoms with Gasteiger partial charge in [0.1, 0.15) is 28.6 Å². The fraction of sp³-hybridized carbons (Fsp3) is 0.643. The van der Waals surface area contributed by atoms with Crippen molar-refractivity contribution in [3.05, 3.63) is 80.1 Å². The largest absolute Gasteiger partial charge is 0.511 e. The third-order valence-corrected chi connectivity index (χ3v) is 16.6. The number of alkyl carbamates (subject to hydrolysis) is 1. The highest BCUT2D eigenvalue weighted by atomic mass is 32.2. The summed E-state index contributed by atoms with van der Waals surface area (Å²) in [7, 11) is -9.50. The predicted octanol–water partition coefficient (Wildman–Crippen LogP) is 9.42. The number of aliphatic imine (C=N–C) groups is 1. The van der Waals surface area contributed by atoms with E-state index < -0.39 is 122 Å². The number of amides is 3. The van der Waals surface area contributed by atoms with Gasteiger partial charge in [-0.05, 0) is 138 Å². The summed E-state index contributed by atoms with van der Waals surface area (Å²) in [5.74, 6) is -1.95. The van der Waals surface area contributed by atoms with Gasteiger partial charge in [-0.2, -0.15) is 8.61 Å². The first-order chi connectivity index (χ1) is 38.8. The van der Waals surface area contributed by atoms with E-state index in [1.54, 1.807) is 62.3 Å². The Balaban J connectivity index is 1.92. The lowest BCUT2D eigenvalue weighted by Crippen LogP contribution is -2.41. The number of nitrogens with one attached hydrogen (secondary N) is 1. The Morgan fingerprint density at radius 3 is 1.45 bits per heavy atom. The number of allylic oxidation sites excluding steroid dienone is 2. The molecule has 0 heterocycles. The molecular weight excluding hydrogens is 1140 g/mol. The maximum Gasteiger partial charge on any atom is 0.410 e. The lowest BCUT2D eigenvalue weighted by Gasteiger charge is -2.30. The number of aliphatic carboxylic acids is 1. The average Bonchev–Trinajstić information content (AvgIpc) is 3.56. The van der Waals surface area contributed by atoms with E-state index in [0.29, 0.717) is 19.3 Å². The number of aliphatic hydroxyl groups is 1. The number of unbranched alkanes of at least 4 members (excludes halogenated alkanes) is 2. The zero-order valence-corrected chi connectivity index (χ0v) is 52.1. The molecular formula is C56H86N8O18S2. The molecule has 0 radical (unpaired) electrons. The Hall–Kier alpha value is -6.78. The molecule has 0 unspecified atom stereocenters. The molecule has 2 aromatic carbocycles. The molecule has 0 aliphatic heterocycles. The third-order valence-electron chi connectivity index (χ3n) is 12.7. The van der Waals surface area contributed by atoms with E-state index in [1.165, 1.54) is 41.0 Å². The summed E-state index contributed by atoms with van der Waals surface area (Å²) < 4.78 is 76.5. The summed E-state index contributed by atoms with van der Waals surface area (Å²) in [6, 6.07) is 7.87. The zero-order valence-electron chi connectivity index (χ0n) is 50.5. The van der Waals surface area contributed by atoms with Gasteiger partial charge < -0.3 is 39.5 Å². The molecule has 470 valence electrons. The molecule has 3 N–H and O–H groups in total. The summed E-state index contributed by atoms with van der Waals surface area (Å²) in [5.41, 5.74) is -4.50. The van der Waals surface area contributed by atoms with Crippen LogP contribution in [0.1, 0.15) is 147 Å². The number of ether oxygens (including phenoxy) is 3. The fourth-order valence-electron chi connectivity index (χ4n) is 8.98. The quantitative estimate of drug-likeness (QED) is 0.0208. The van der Waals surface area contributed by atoms with Crippen LogP contribution < -0.4 is 5.32 Å². The fourth-order valence-corrected chi connectivity index (χ4v) is 12.3. The predicted molar refractivity (Wildman–Crippen MR) is 313 cm³/mol. The molecule has 0 aromatic heterocycles. The summed E-state index contributed by atoms with van der Waals surface area (Å²) in [4.78, 5) is 93.1. The monoisotopic (exact) mass is 1220 g/mol. The number of hydrogen-bond acceptors (Lipinski definition) is 18. The van der Waals surface area contributed by atoms with Crippen molar-refractivity contribution in [3.8, 4) is 0 Å². The second-order valence-corrected chi connectivity index (χ2v) is 28.0. The van der Waals surface area contributed by atoms with Crippen LogP contribution in [0.2, 0.25) is 0 Å². The van der Waals surface area contributed by atoms with Crippen molar-refractivity contribution in [1.29, 1.82) is 0 Å². The number of sulfonamides is 2. The number of benzene rings is 2. The minimum Gasteiger partial charge on any atom is -0.511 e. The Labute approximate surface area is 493 Å². The maximum atomic E-state index is 14.6. The second kappa shape index (κ2) is 30.9. The topological polar surface area (TPSA) is 345 Å². The molecule has 1 atom stereocenters. The molecule has 3 amide bonds. The third kappa shape index (κ3) is 23.3. The number of rotatable bonds is 31. The Bertz CT molecular complexity index is 2950. The number of carboxylic acid groups (broad SMARTS) is 1. The molecule has 28 heteroatoms. The summed E-state index contributed by atoms with van der Waals surface area (Å²) in [5, 5.41) is 47.8. The molecule has 0 bridgehead atoms. The van der Waals surface area contributed by atoms with Crippen molar-refractivity contribution in [1.82, 2.24) is 23.7 Å². The Morgan fingerprint density at radius 2 is 1.04 bits per heavy atom. The van der Waals surface area contributed by atoms with E-state index in [-0.39, 0.29) is 108 Å². The number of para-hydroxylation sites is 2. The molecule has 2 aromatic rings. The molecule has 1 aliphatic rings. The summed E-state index contributed by atoms with van der Waals surface area (Å²) in [6.07, 6.45) is -1.09. The molecule has 1 aliphatic carbocycles. The van der Waals surface area contributed by atoms with E-state index in [1.807, 2.05) is 13.8 Å². The van der Waals surface area contributed by atoms with Crippen LogP contribution in [-0.4, -0.2) is 173 Å². The SMILES string of the molecule is CC(=N[C@@H](CCCCN(CCCN(CCCN(CCCCN(CCCNC(=O)OC(C)(C)C)C(=O)OC(C)(C)C)C(=O)OC(C)(C)C)S(=O)(=O)c1ccccc1[N+](=O)[O-])S(=O)(=O)c1ccccc1[N+](=O)[O-])C(=O)O)C1=C(O)CC(C)(C)CC1=O. The van der Waals surface area contributed by atoms with E-state index in [2.05, 4.69) is 10.3 Å². The highest BCUT2D eigenvalue weighted by Gasteiger charge is 2.37. The standard InChI is InChI=1S/C56H86N8O18S2/c1-40(48-44(65)38-56(11,12)39-45(48)66)58-41(49(67)68)24-17-18-34-61(83(76,77)46-27-15-13-25-42(46)63(72)73)36-23-37-62(84(78,79)47-28-16-14-26-43(47)64(74)75)35-22-33-60(52(71)82-55(8,9)10)31-20-19-30-59(51(70)81-54(5,6)7)32-21-29-57-50(69)80-53(2,3)4/h13-16,25-28,41,65H,17-24,29-39H2,1-12H3,(H,57,69)(H,67,68)/t41-/m0/s1. The highest BCUT2D eigenvalue weighted by molar-refractivity contribution is 7.89. The summed E-state index contributed by atoms with van der Waals surface area (Å²) in [6.45, 7) is 19.4. The van der Waals surface area contributed by atoms with Gasteiger partial charge in [-0.3, -0.25) is 30.0 Å². The molecule has 3 rings (SSSR count). The van der Waals surface area contributed by atoms with Crippen molar-refractivity contribution in [2.45, 2.75) is 180 Å². The van der Waals surface area contributed by atoms with Crippen molar-refractivity contribution in [2.24, 2.45) is 10.4 Å². The first kappa shape index (κ1) is 71.5. The maximum absolute atomic E-state index is 14.6. The molecule has 0 saturated carbocycles. The van der Waals surface area contributed by atoms with Crippen LogP contribution in [0.5, 0.6) is 0 Å². The van der Waals surface area contributed by atoms with Crippen molar-refractivity contribution in [3.63, 3.8) is 0 Å². The number of nitro groups is 2. The Morgan fingerprint density at radius 1 is 0.643 bits per heavy atom. The molecule has 0 fully saturated rings. The van der Waals surface area contributed by atoms with Gasteiger partial charge in [-0.15, -0.1) is 0 Å². The van der Waals surface area contributed by atoms with Gasteiger partial charge in [-0.1, -0.05) is 38.1 Å². The smallest absolute Gasteiger partial charge is 0.410 e. The van der Waals surface area contributed by atoms with Crippen LogP contribution in [-0.2, 0) is 43.8 Å². The number of aliphatic hydroxyl groups excluding tert-OH is 1. The Kier molecular flexibility index (Phi) is 26.3. The second-order valence-electron chi connectivity index (χ2n) is 24.2. The average molecular weight is 1220 g/mol. The van der Waals surface area contributed by atoms with Gasteiger partial charge in [0.25, 0.3) is 11.4 Å². The van der Waals surface area contributed by atoms with Gasteiger partial charge in [0.05, 0.1) is 15.4 Å². The molecule has 26 nitrogen and oxygen atoms in total. The molecule has 0 spiro atoms. The number of nitro benzene ring substituents is 2. The van der Waals surface area contributed by atoms with E-state index in [0.717, 1.165) is 32.9 Å². The van der Waals surface area contributed by atoms with E-state index in [4.69, 9.17) is 14.2 Å². The number of Topliss-reactive ketones (excluding diaryl/α,β-unsaturated/α-hetero) is 1. The first-order valence-electron chi connectivity index (χ1n) is 27.9. The minimum atomic E-state index is -4.76. The number of hydrogen-bond donors (Lipinski definition) is 3. The van der Waals surface area contributed by atoms with Crippen LogP contribution in [0.15, 0.2) is 74.6 Å². The van der Waals surface area contributed by atoms with Gasteiger partial charge in [0.15, 0.2) is 15.6 Å². The minimum absolute atomic E-state index is 0.0234. The van der Waals surface area contributed by atoms with Gasteiger partial charge in [0, 0.05) is 89.6 Å².